The molecular weight excluding hydrogens is 356 g/mol. The molecule has 0 radical (unpaired) electrons. The zero-order valence-electron chi connectivity index (χ0n) is 12.2. The molecule has 0 saturated heterocycles. The van der Waals surface area contributed by atoms with Crippen LogP contribution in [0.3, 0.4) is 0 Å². The third-order valence-electron chi connectivity index (χ3n) is 2.82. The number of rotatable bonds is 6. The number of ether oxygens (including phenoxy) is 1. The highest BCUT2D eigenvalue weighted by molar-refractivity contribution is 9.10. The molecule has 8 heteroatoms. The topological polar surface area (TPSA) is 105 Å². The molecule has 22 heavy (non-hydrogen) atoms. The summed E-state index contributed by atoms with van der Waals surface area (Å²) in [5, 5.41) is 13.7. The van der Waals surface area contributed by atoms with Crippen molar-refractivity contribution in [1.29, 1.82) is 0 Å². The molecule has 0 aliphatic rings. The lowest BCUT2D eigenvalue weighted by Gasteiger charge is -2.12. The summed E-state index contributed by atoms with van der Waals surface area (Å²) in [4.78, 5) is 33.7. The Morgan fingerprint density at radius 1 is 1.32 bits per heavy atom. The van der Waals surface area contributed by atoms with E-state index < -0.39 is 18.0 Å². The van der Waals surface area contributed by atoms with Crippen molar-refractivity contribution >= 4 is 39.6 Å². The van der Waals surface area contributed by atoms with Crippen LogP contribution < -0.4 is 10.6 Å². The number of benzene rings is 1. The van der Waals surface area contributed by atoms with Gasteiger partial charge in [-0.3, -0.25) is 4.79 Å². The van der Waals surface area contributed by atoms with Crippen LogP contribution in [0.1, 0.15) is 28.8 Å². The van der Waals surface area contributed by atoms with Crippen LogP contribution in [-0.2, 0) is 9.53 Å². The minimum Gasteiger partial charge on any atom is -0.481 e. The van der Waals surface area contributed by atoms with Crippen molar-refractivity contribution < 1.29 is 24.2 Å². The number of hydrogen-bond donors (Lipinski definition) is 3. The number of carbonyl (C=O) groups is 3. The van der Waals surface area contributed by atoms with Crippen molar-refractivity contribution in [2.24, 2.45) is 0 Å². The minimum absolute atomic E-state index is 0.00984. The van der Waals surface area contributed by atoms with E-state index in [1.165, 1.54) is 13.2 Å². The fourth-order valence-electron chi connectivity index (χ4n) is 1.68. The van der Waals surface area contributed by atoms with E-state index in [1.54, 1.807) is 13.0 Å². The summed E-state index contributed by atoms with van der Waals surface area (Å²) in [6.07, 6.45) is 0.333. The molecule has 1 aromatic rings. The van der Waals surface area contributed by atoms with Crippen molar-refractivity contribution in [3.05, 3.63) is 27.7 Å². The van der Waals surface area contributed by atoms with Gasteiger partial charge >= 0.3 is 18.0 Å². The van der Waals surface area contributed by atoms with Crippen LogP contribution in [0.2, 0.25) is 0 Å². The zero-order valence-corrected chi connectivity index (χ0v) is 13.8. The van der Waals surface area contributed by atoms with E-state index in [9.17, 15) is 14.4 Å². The molecule has 1 rings (SSSR count). The molecule has 0 aromatic heterocycles. The molecule has 0 heterocycles. The summed E-state index contributed by atoms with van der Waals surface area (Å²) < 4.78 is 5.24. The Kier molecular flexibility index (Phi) is 6.84. The third kappa shape index (κ3) is 5.36. The van der Waals surface area contributed by atoms with Crippen molar-refractivity contribution in [2.75, 3.05) is 19.0 Å². The first kappa shape index (κ1) is 18.0. The van der Waals surface area contributed by atoms with Gasteiger partial charge in [-0.25, -0.2) is 9.59 Å². The Bertz CT molecular complexity index is 589. The number of carboxylic acids is 1. The summed E-state index contributed by atoms with van der Waals surface area (Å²) in [6.45, 7) is 2.03. The fraction of sp³-hybridized carbons (Fsp3) is 0.357. The van der Waals surface area contributed by atoms with Gasteiger partial charge in [-0.1, -0.05) is 0 Å². The molecule has 120 valence electrons. The number of anilines is 1. The number of urea groups is 1. The van der Waals surface area contributed by atoms with Gasteiger partial charge < -0.3 is 20.5 Å². The molecule has 0 spiro atoms. The Morgan fingerprint density at radius 3 is 2.59 bits per heavy atom. The van der Waals surface area contributed by atoms with E-state index in [2.05, 4.69) is 31.3 Å². The van der Waals surface area contributed by atoms with E-state index >= 15 is 0 Å². The van der Waals surface area contributed by atoms with E-state index in [1.807, 2.05) is 0 Å². The predicted molar refractivity (Wildman–Crippen MR) is 84.1 cm³/mol. The van der Waals surface area contributed by atoms with Crippen molar-refractivity contribution in [3.63, 3.8) is 0 Å². The Balaban J connectivity index is 2.70. The van der Waals surface area contributed by atoms with Crippen LogP contribution >= 0.6 is 15.9 Å². The van der Waals surface area contributed by atoms with Crippen molar-refractivity contribution in [3.8, 4) is 0 Å². The molecule has 0 saturated carbocycles. The number of aryl methyl sites for hydroxylation is 1. The largest absolute Gasteiger partial charge is 0.481 e. The summed E-state index contributed by atoms with van der Waals surface area (Å²) in [7, 11) is 1.27. The summed E-state index contributed by atoms with van der Waals surface area (Å²) in [5.74, 6) is -1.43. The second-order valence-electron chi connectivity index (χ2n) is 4.52. The number of esters is 1. The van der Waals surface area contributed by atoms with Crippen LogP contribution in [-0.4, -0.2) is 36.7 Å². The molecule has 0 fully saturated rings. The first-order valence-corrected chi connectivity index (χ1v) is 7.29. The van der Waals surface area contributed by atoms with Gasteiger partial charge in [0, 0.05) is 23.1 Å². The molecule has 3 N–H and O–H groups in total. The van der Waals surface area contributed by atoms with Gasteiger partial charge in [-0.05, 0) is 47.0 Å². The lowest BCUT2D eigenvalue weighted by Crippen LogP contribution is -2.30. The number of amides is 2. The smallest absolute Gasteiger partial charge is 0.339 e. The van der Waals surface area contributed by atoms with Gasteiger partial charge in [0.1, 0.15) is 0 Å². The summed E-state index contributed by atoms with van der Waals surface area (Å²) in [6, 6.07) is 2.75. The van der Waals surface area contributed by atoms with Crippen LogP contribution in [0.25, 0.3) is 0 Å². The van der Waals surface area contributed by atoms with Crippen LogP contribution in [0, 0.1) is 6.92 Å². The van der Waals surface area contributed by atoms with Crippen molar-refractivity contribution in [2.45, 2.75) is 19.8 Å². The molecule has 0 bridgehead atoms. The maximum atomic E-state index is 11.7. The first-order valence-electron chi connectivity index (χ1n) is 6.50. The Hall–Kier alpha value is -2.09. The lowest BCUT2D eigenvalue weighted by atomic mass is 10.1. The highest BCUT2D eigenvalue weighted by Crippen LogP contribution is 2.25. The first-order chi connectivity index (χ1) is 10.3. The van der Waals surface area contributed by atoms with Gasteiger partial charge in [-0.15, -0.1) is 0 Å². The fourth-order valence-corrected chi connectivity index (χ4v) is 2.30. The number of carbonyl (C=O) groups excluding carboxylic acids is 2. The highest BCUT2D eigenvalue weighted by atomic mass is 79.9. The van der Waals surface area contributed by atoms with Crippen LogP contribution in [0.4, 0.5) is 10.5 Å². The number of carboxylic acid groups (broad SMARTS) is 1. The molecule has 0 aliphatic carbocycles. The van der Waals surface area contributed by atoms with E-state index in [4.69, 9.17) is 5.11 Å². The van der Waals surface area contributed by atoms with Gasteiger partial charge in [0.25, 0.3) is 0 Å². The van der Waals surface area contributed by atoms with Gasteiger partial charge in [-0.2, -0.15) is 0 Å². The van der Waals surface area contributed by atoms with E-state index in [0.29, 0.717) is 22.1 Å². The van der Waals surface area contributed by atoms with Gasteiger partial charge in [0.05, 0.1) is 12.7 Å². The second kappa shape index (κ2) is 8.38. The average Bonchev–Trinajstić information content (AvgIpc) is 2.45. The number of nitrogens with one attached hydrogen (secondary N) is 2. The van der Waals surface area contributed by atoms with Crippen molar-refractivity contribution in [1.82, 2.24) is 5.32 Å². The SMILES string of the molecule is COC(=O)c1cc(NC(=O)NCCCC(=O)O)c(C)cc1Br. The zero-order chi connectivity index (χ0) is 16.7. The third-order valence-corrected chi connectivity index (χ3v) is 3.48. The van der Waals surface area contributed by atoms with Crippen LogP contribution in [0.5, 0.6) is 0 Å². The molecule has 7 nitrogen and oxygen atoms in total. The Labute approximate surface area is 136 Å². The van der Waals surface area contributed by atoms with E-state index in [-0.39, 0.29) is 13.0 Å². The number of hydrogen-bond acceptors (Lipinski definition) is 4. The number of methoxy groups -OCH3 is 1. The standard InChI is InChI=1S/C14H17BrN2O5/c1-8-6-10(15)9(13(20)22-2)7-11(8)17-14(21)16-5-3-4-12(18)19/h6-7H,3-5H2,1-2H3,(H,18,19)(H2,16,17,21). The average molecular weight is 373 g/mol. The molecule has 0 unspecified atom stereocenters. The molecule has 1 aromatic carbocycles. The minimum atomic E-state index is -0.909. The Morgan fingerprint density at radius 2 is 2.00 bits per heavy atom. The quantitative estimate of drug-likeness (QED) is 0.525. The monoisotopic (exact) mass is 372 g/mol. The number of aliphatic carboxylic acids is 1. The summed E-state index contributed by atoms with van der Waals surface area (Å²) >= 11 is 3.27. The second-order valence-corrected chi connectivity index (χ2v) is 5.37. The maximum absolute atomic E-state index is 11.7. The molecule has 2 amide bonds. The van der Waals surface area contributed by atoms with Gasteiger partial charge in [0.15, 0.2) is 0 Å². The van der Waals surface area contributed by atoms with Gasteiger partial charge in [0.2, 0.25) is 0 Å². The molecular formula is C14H17BrN2O5. The van der Waals surface area contributed by atoms with E-state index in [0.717, 1.165) is 5.56 Å². The predicted octanol–water partition coefficient (Wildman–Crippen LogP) is 2.53. The molecule has 0 aliphatic heterocycles. The summed E-state index contributed by atoms with van der Waals surface area (Å²) in [5.41, 5.74) is 1.54. The van der Waals surface area contributed by atoms with Crippen LogP contribution in [0.15, 0.2) is 16.6 Å². The lowest BCUT2D eigenvalue weighted by molar-refractivity contribution is -0.137. The normalized spacial score (nSPS) is 9.95. The molecule has 0 atom stereocenters. The number of halogens is 1. The highest BCUT2D eigenvalue weighted by Gasteiger charge is 2.14. The maximum Gasteiger partial charge on any atom is 0.339 e.